The van der Waals surface area contributed by atoms with Gasteiger partial charge < -0.3 is 10.1 Å². The lowest BCUT2D eigenvalue weighted by molar-refractivity contribution is 0.0944. The molecule has 112 valence electrons. The number of methoxy groups -OCH3 is 1. The lowest BCUT2D eigenvalue weighted by atomic mass is 10.1. The highest BCUT2D eigenvalue weighted by atomic mass is 32.1. The molecule has 0 aliphatic heterocycles. The molecule has 1 N–H and O–H groups in total. The second kappa shape index (κ2) is 6.20. The van der Waals surface area contributed by atoms with Crippen LogP contribution in [0, 0.1) is 0 Å². The number of rotatable bonds is 4. The predicted octanol–water partition coefficient (Wildman–Crippen LogP) is 4.40. The van der Waals surface area contributed by atoms with Gasteiger partial charge in [0.25, 0.3) is 5.91 Å². The van der Waals surface area contributed by atoms with Crippen molar-refractivity contribution in [3.63, 3.8) is 0 Å². The summed E-state index contributed by atoms with van der Waals surface area (Å²) in [7, 11) is 1.64. The Morgan fingerprint density at radius 3 is 2.73 bits per heavy atom. The molecule has 1 amide bonds. The monoisotopic (exact) mass is 311 g/mol. The summed E-state index contributed by atoms with van der Waals surface area (Å²) >= 11 is 1.51. The summed E-state index contributed by atoms with van der Waals surface area (Å²) in [6.07, 6.45) is 0. The minimum Gasteiger partial charge on any atom is -0.497 e. The van der Waals surface area contributed by atoms with Crippen LogP contribution in [0.3, 0.4) is 0 Å². The molecule has 1 unspecified atom stereocenters. The van der Waals surface area contributed by atoms with E-state index >= 15 is 0 Å². The van der Waals surface area contributed by atoms with E-state index in [1.165, 1.54) is 11.3 Å². The largest absolute Gasteiger partial charge is 0.497 e. The Morgan fingerprint density at radius 2 is 1.95 bits per heavy atom. The minimum absolute atomic E-state index is 0.0449. The van der Waals surface area contributed by atoms with Crippen LogP contribution >= 0.6 is 11.3 Å². The van der Waals surface area contributed by atoms with Crippen molar-refractivity contribution in [2.24, 2.45) is 0 Å². The van der Waals surface area contributed by atoms with Crippen molar-refractivity contribution in [2.75, 3.05) is 7.11 Å². The van der Waals surface area contributed by atoms with Gasteiger partial charge in [-0.25, -0.2) is 0 Å². The van der Waals surface area contributed by atoms with Gasteiger partial charge in [0.15, 0.2) is 0 Å². The molecule has 1 heterocycles. The Morgan fingerprint density at radius 1 is 1.14 bits per heavy atom. The number of benzene rings is 2. The molecule has 1 atom stereocenters. The van der Waals surface area contributed by atoms with E-state index in [0.717, 1.165) is 26.3 Å². The molecule has 0 saturated heterocycles. The van der Waals surface area contributed by atoms with E-state index in [9.17, 15) is 4.79 Å². The predicted molar refractivity (Wildman–Crippen MR) is 90.7 cm³/mol. The van der Waals surface area contributed by atoms with Crippen molar-refractivity contribution in [3.8, 4) is 5.75 Å². The van der Waals surface area contributed by atoms with Crippen LogP contribution in [0.2, 0.25) is 0 Å². The fourth-order valence-electron chi connectivity index (χ4n) is 2.36. The number of hydrogen-bond acceptors (Lipinski definition) is 3. The van der Waals surface area contributed by atoms with Crippen molar-refractivity contribution in [1.29, 1.82) is 0 Å². The molecule has 3 nitrogen and oxygen atoms in total. The summed E-state index contributed by atoms with van der Waals surface area (Å²) in [4.78, 5) is 13.2. The van der Waals surface area contributed by atoms with Gasteiger partial charge in [0.05, 0.1) is 18.0 Å². The number of hydrogen-bond donors (Lipinski definition) is 1. The summed E-state index contributed by atoms with van der Waals surface area (Å²) in [6.45, 7) is 1.97. The van der Waals surface area contributed by atoms with Crippen LogP contribution < -0.4 is 10.1 Å². The number of carbonyl (C=O) groups excluding carboxylic acids is 1. The van der Waals surface area contributed by atoms with Crippen molar-refractivity contribution in [3.05, 3.63) is 65.0 Å². The van der Waals surface area contributed by atoms with Gasteiger partial charge >= 0.3 is 0 Å². The SMILES string of the molecule is COc1cccc(C(C)NC(=O)c2cc3ccccc3s2)c1. The molecule has 0 spiro atoms. The van der Waals surface area contributed by atoms with Crippen LogP contribution in [0.4, 0.5) is 0 Å². The van der Waals surface area contributed by atoms with E-state index in [0.29, 0.717) is 0 Å². The summed E-state index contributed by atoms with van der Waals surface area (Å²) in [5, 5.41) is 4.14. The lowest BCUT2D eigenvalue weighted by Crippen LogP contribution is -2.25. The lowest BCUT2D eigenvalue weighted by Gasteiger charge is -2.14. The van der Waals surface area contributed by atoms with Gasteiger partial charge in [0, 0.05) is 4.70 Å². The quantitative estimate of drug-likeness (QED) is 0.775. The molecule has 4 heteroatoms. The van der Waals surface area contributed by atoms with Crippen molar-refractivity contribution >= 4 is 27.3 Å². The summed E-state index contributed by atoms with van der Waals surface area (Å²) in [6, 6.07) is 17.6. The van der Waals surface area contributed by atoms with Gasteiger partial charge in [-0.2, -0.15) is 0 Å². The van der Waals surface area contributed by atoms with E-state index in [-0.39, 0.29) is 11.9 Å². The Balaban J connectivity index is 1.77. The zero-order chi connectivity index (χ0) is 15.5. The van der Waals surface area contributed by atoms with E-state index in [1.54, 1.807) is 7.11 Å². The number of amides is 1. The molecule has 1 aromatic heterocycles. The molecule has 0 radical (unpaired) electrons. The van der Waals surface area contributed by atoms with E-state index < -0.39 is 0 Å². The van der Waals surface area contributed by atoms with E-state index in [1.807, 2.05) is 61.5 Å². The maximum absolute atomic E-state index is 12.4. The molecule has 0 bridgehead atoms. The fourth-order valence-corrected chi connectivity index (χ4v) is 3.32. The molecular formula is C18H17NO2S. The van der Waals surface area contributed by atoms with Crippen LogP contribution in [-0.4, -0.2) is 13.0 Å². The van der Waals surface area contributed by atoms with Crippen LogP contribution in [0.1, 0.15) is 28.2 Å². The Hall–Kier alpha value is -2.33. The first-order valence-corrected chi connectivity index (χ1v) is 7.92. The molecule has 0 aliphatic carbocycles. The smallest absolute Gasteiger partial charge is 0.261 e. The third kappa shape index (κ3) is 2.97. The molecule has 22 heavy (non-hydrogen) atoms. The Labute approximate surface area is 133 Å². The average Bonchev–Trinajstić information content (AvgIpc) is 2.99. The second-order valence-electron chi connectivity index (χ2n) is 5.12. The molecule has 2 aromatic carbocycles. The number of nitrogens with one attached hydrogen (secondary N) is 1. The van der Waals surface area contributed by atoms with Crippen molar-refractivity contribution in [2.45, 2.75) is 13.0 Å². The Bertz CT molecular complexity index is 776. The van der Waals surface area contributed by atoms with Gasteiger partial charge in [0.2, 0.25) is 0 Å². The molecule has 3 aromatic rings. The molecule has 0 aliphatic rings. The van der Waals surface area contributed by atoms with E-state index in [4.69, 9.17) is 4.74 Å². The number of thiophene rings is 1. The van der Waals surface area contributed by atoms with Crippen LogP contribution in [0.5, 0.6) is 5.75 Å². The highest BCUT2D eigenvalue weighted by Gasteiger charge is 2.14. The van der Waals surface area contributed by atoms with Gasteiger partial charge in [-0.3, -0.25) is 4.79 Å². The first-order chi connectivity index (χ1) is 10.7. The average molecular weight is 311 g/mol. The topological polar surface area (TPSA) is 38.3 Å². The summed E-state index contributed by atoms with van der Waals surface area (Å²) in [5.41, 5.74) is 1.02. The summed E-state index contributed by atoms with van der Waals surface area (Å²) < 4.78 is 6.35. The van der Waals surface area contributed by atoms with Crippen LogP contribution in [0.25, 0.3) is 10.1 Å². The Kier molecular flexibility index (Phi) is 4.11. The zero-order valence-electron chi connectivity index (χ0n) is 12.5. The number of ether oxygens (including phenoxy) is 1. The maximum atomic E-state index is 12.4. The fraction of sp³-hybridized carbons (Fsp3) is 0.167. The molecular weight excluding hydrogens is 294 g/mol. The molecule has 3 rings (SSSR count). The third-order valence-corrected chi connectivity index (χ3v) is 4.71. The minimum atomic E-state index is -0.0761. The van der Waals surface area contributed by atoms with E-state index in [2.05, 4.69) is 5.32 Å². The normalized spacial score (nSPS) is 12.1. The number of fused-ring (bicyclic) bond motifs is 1. The standard InChI is InChI=1S/C18H17NO2S/c1-12(13-7-5-8-15(10-13)21-2)19-18(20)17-11-14-6-3-4-9-16(14)22-17/h3-12H,1-2H3,(H,19,20). The number of carbonyl (C=O) groups is 1. The maximum Gasteiger partial charge on any atom is 0.261 e. The highest BCUT2D eigenvalue weighted by Crippen LogP contribution is 2.26. The van der Waals surface area contributed by atoms with Gasteiger partial charge in [-0.05, 0) is 42.1 Å². The van der Waals surface area contributed by atoms with Crippen LogP contribution in [-0.2, 0) is 0 Å². The highest BCUT2D eigenvalue weighted by molar-refractivity contribution is 7.20. The summed E-state index contributed by atoms with van der Waals surface area (Å²) in [5.74, 6) is 0.747. The first kappa shape index (κ1) is 14.6. The second-order valence-corrected chi connectivity index (χ2v) is 6.20. The van der Waals surface area contributed by atoms with Gasteiger partial charge in [0.1, 0.15) is 5.75 Å². The zero-order valence-corrected chi connectivity index (χ0v) is 13.3. The first-order valence-electron chi connectivity index (χ1n) is 7.11. The van der Waals surface area contributed by atoms with Crippen LogP contribution in [0.15, 0.2) is 54.6 Å². The molecule has 0 saturated carbocycles. The van der Waals surface area contributed by atoms with Crippen molar-refractivity contribution < 1.29 is 9.53 Å². The van der Waals surface area contributed by atoms with Gasteiger partial charge in [-0.15, -0.1) is 11.3 Å². The third-order valence-electron chi connectivity index (χ3n) is 3.59. The van der Waals surface area contributed by atoms with Gasteiger partial charge in [-0.1, -0.05) is 30.3 Å². The molecule has 0 fully saturated rings. The van der Waals surface area contributed by atoms with Crippen molar-refractivity contribution in [1.82, 2.24) is 5.32 Å².